The Hall–Kier alpha value is -0.810. The van der Waals surface area contributed by atoms with E-state index >= 15 is 0 Å². The maximum absolute atomic E-state index is 2.30. The number of rotatable bonds is 0. The molecule has 2 heterocycles. The van der Waals surface area contributed by atoms with Crippen molar-refractivity contribution < 1.29 is 29.3 Å². The fourth-order valence-corrected chi connectivity index (χ4v) is 2.18. The maximum atomic E-state index is 2.30. The highest BCUT2D eigenvalue weighted by atomic mass is 127. The third-order valence-corrected chi connectivity index (χ3v) is 2.91. The number of nitrogens with two attached hydrogens (primary N) is 1. The first-order chi connectivity index (χ1) is 6.86. The summed E-state index contributed by atoms with van der Waals surface area (Å²) in [6.45, 7) is 1.08. The molecular formula is C12H13IN2. The van der Waals surface area contributed by atoms with Gasteiger partial charge in [-0.05, 0) is 18.2 Å². The molecule has 78 valence electrons. The predicted octanol–water partition coefficient (Wildman–Crippen LogP) is -3.58. The zero-order chi connectivity index (χ0) is 9.54. The minimum Gasteiger partial charge on any atom is -1.00 e. The lowest BCUT2D eigenvalue weighted by molar-refractivity contribution is -0.553. The number of halogens is 1. The zero-order valence-electron chi connectivity index (χ0n) is 8.57. The first-order valence-electron chi connectivity index (χ1n) is 4.94. The number of anilines is 1. The second-order valence-electron chi connectivity index (χ2n) is 3.76. The van der Waals surface area contributed by atoms with Crippen LogP contribution in [-0.2, 0) is 0 Å². The molecule has 2 aliphatic heterocycles. The van der Waals surface area contributed by atoms with Gasteiger partial charge in [0.25, 0.3) is 0 Å². The predicted molar refractivity (Wildman–Crippen MR) is 58.6 cm³/mol. The van der Waals surface area contributed by atoms with Gasteiger partial charge in [-0.25, -0.2) is 0 Å². The molecule has 0 unspecified atom stereocenters. The third kappa shape index (κ3) is 1.59. The minimum absolute atomic E-state index is 0. The summed E-state index contributed by atoms with van der Waals surface area (Å²) in [5.41, 5.74) is 2.68. The van der Waals surface area contributed by atoms with E-state index in [0.717, 1.165) is 6.54 Å². The summed E-state index contributed by atoms with van der Waals surface area (Å²) in [6.07, 6.45) is 8.70. The molecule has 0 fully saturated rings. The second kappa shape index (κ2) is 3.98. The van der Waals surface area contributed by atoms with E-state index in [1.54, 1.807) is 0 Å². The van der Waals surface area contributed by atoms with Gasteiger partial charge in [0, 0.05) is 35.4 Å². The number of benzene rings is 1. The van der Waals surface area contributed by atoms with E-state index in [-0.39, 0.29) is 24.0 Å². The molecule has 15 heavy (non-hydrogen) atoms. The van der Waals surface area contributed by atoms with Gasteiger partial charge in [0.2, 0.25) is 0 Å². The molecule has 1 aromatic rings. The molecule has 0 atom stereocenters. The molecule has 0 saturated heterocycles. The monoisotopic (exact) mass is 312 g/mol. The van der Waals surface area contributed by atoms with Crippen LogP contribution in [-0.4, -0.2) is 13.6 Å². The molecule has 0 aliphatic carbocycles. The van der Waals surface area contributed by atoms with Gasteiger partial charge >= 0.3 is 0 Å². The van der Waals surface area contributed by atoms with Crippen LogP contribution >= 0.6 is 0 Å². The fraction of sp³-hybridized carbons (Fsp3) is 0.167. The molecule has 0 bridgehead atoms. The van der Waals surface area contributed by atoms with Gasteiger partial charge in [0.15, 0.2) is 0 Å². The average Bonchev–Trinajstić information content (AvgIpc) is 2.66. The van der Waals surface area contributed by atoms with E-state index in [4.69, 9.17) is 0 Å². The van der Waals surface area contributed by atoms with Crippen LogP contribution in [0.25, 0.3) is 12.2 Å². The van der Waals surface area contributed by atoms with Gasteiger partial charge in [0.05, 0.1) is 6.54 Å². The van der Waals surface area contributed by atoms with Crippen LogP contribution in [0.5, 0.6) is 0 Å². The van der Waals surface area contributed by atoms with Crippen molar-refractivity contribution in [1.82, 2.24) is 0 Å². The quantitative estimate of drug-likeness (QED) is 0.388. The smallest absolute Gasteiger partial charge is 0.137 e. The van der Waals surface area contributed by atoms with E-state index < -0.39 is 0 Å². The maximum Gasteiger partial charge on any atom is 0.137 e. The molecule has 2 nitrogen and oxygen atoms in total. The number of hydrogen-bond donors (Lipinski definition) is 1. The van der Waals surface area contributed by atoms with Crippen molar-refractivity contribution in [2.24, 2.45) is 0 Å². The second-order valence-corrected chi connectivity index (χ2v) is 3.76. The van der Waals surface area contributed by atoms with Crippen molar-refractivity contribution in [2.45, 2.75) is 0 Å². The Labute approximate surface area is 106 Å². The van der Waals surface area contributed by atoms with Crippen LogP contribution in [0.4, 0.5) is 11.4 Å². The first kappa shape index (κ1) is 10.7. The summed E-state index contributed by atoms with van der Waals surface area (Å²) in [5, 5.41) is 5.04. The van der Waals surface area contributed by atoms with Crippen LogP contribution in [0.2, 0.25) is 0 Å². The lowest BCUT2D eigenvalue weighted by atomic mass is 10.1. The van der Waals surface area contributed by atoms with Crippen molar-refractivity contribution in [3.63, 3.8) is 0 Å². The number of allylic oxidation sites excluding steroid dienone is 1. The molecule has 3 rings (SSSR count). The van der Waals surface area contributed by atoms with E-state index in [1.807, 2.05) is 0 Å². The Bertz CT molecular complexity index is 531. The molecule has 0 saturated carbocycles. The van der Waals surface area contributed by atoms with Gasteiger partial charge in [-0.2, -0.15) is 0 Å². The molecular weight excluding hydrogens is 299 g/mol. The zero-order valence-corrected chi connectivity index (χ0v) is 10.7. The molecule has 0 radical (unpaired) electrons. The van der Waals surface area contributed by atoms with Crippen LogP contribution in [0.15, 0.2) is 24.4 Å². The highest BCUT2D eigenvalue weighted by molar-refractivity contribution is 5.65. The fourth-order valence-electron chi connectivity index (χ4n) is 2.18. The van der Waals surface area contributed by atoms with Crippen molar-refractivity contribution >= 4 is 23.5 Å². The Kier molecular flexibility index (Phi) is 2.84. The molecule has 2 N–H and O–H groups in total. The van der Waals surface area contributed by atoms with Crippen molar-refractivity contribution in [3.8, 4) is 0 Å². The van der Waals surface area contributed by atoms with Crippen molar-refractivity contribution in [1.29, 1.82) is 0 Å². The number of fused-ring (bicyclic) bond motifs is 3. The molecule has 3 heteroatoms. The summed E-state index contributed by atoms with van der Waals surface area (Å²) >= 11 is 0. The van der Waals surface area contributed by atoms with Crippen LogP contribution < -0.4 is 44.6 Å². The topological polar surface area (TPSA) is 19.9 Å². The lowest BCUT2D eigenvalue weighted by Crippen LogP contribution is -3.00. The van der Waals surface area contributed by atoms with Crippen molar-refractivity contribution in [3.05, 3.63) is 34.8 Å². The van der Waals surface area contributed by atoms with Crippen LogP contribution in [0.1, 0.15) is 0 Å². The Morgan fingerprint density at radius 1 is 1.27 bits per heavy atom. The van der Waals surface area contributed by atoms with E-state index in [2.05, 4.69) is 53.8 Å². The van der Waals surface area contributed by atoms with Gasteiger partial charge in [-0.3, -0.25) is 0 Å². The summed E-state index contributed by atoms with van der Waals surface area (Å²) in [6, 6.07) is 4.41. The van der Waals surface area contributed by atoms with Gasteiger partial charge in [-0.1, -0.05) is 6.08 Å². The van der Waals surface area contributed by atoms with Crippen LogP contribution in [0.3, 0.4) is 0 Å². The number of nitrogens with zero attached hydrogens (tertiary/aromatic N) is 1. The first-order valence-corrected chi connectivity index (χ1v) is 4.94. The third-order valence-electron chi connectivity index (χ3n) is 2.91. The molecule has 0 spiro atoms. The Morgan fingerprint density at radius 3 is 3.00 bits per heavy atom. The SMILES string of the molecule is CN1C=CC=c2c1ccc1c2=CC[NH2+]1.[I-]. The Balaban J connectivity index is 0.000000853. The normalized spacial score (nSPS) is 15.9. The molecule has 1 aromatic carbocycles. The summed E-state index contributed by atoms with van der Waals surface area (Å²) < 4.78 is 0. The summed E-state index contributed by atoms with van der Waals surface area (Å²) in [7, 11) is 2.09. The minimum atomic E-state index is 0. The molecule has 2 aliphatic rings. The summed E-state index contributed by atoms with van der Waals surface area (Å²) in [4.78, 5) is 2.17. The number of hydrogen-bond acceptors (Lipinski definition) is 1. The molecule has 0 aromatic heterocycles. The van der Waals surface area contributed by atoms with E-state index in [0.29, 0.717) is 0 Å². The standard InChI is InChI=1S/C12H12N2.HI/c1-14-8-2-3-10-9-6-7-13-11(9)4-5-12(10)14;/h2-6,8,13H,7H2,1H3;1H. The highest BCUT2D eigenvalue weighted by Gasteiger charge is 2.12. The Morgan fingerprint density at radius 2 is 2.13 bits per heavy atom. The number of quaternary nitrogens is 1. The lowest BCUT2D eigenvalue weighted by Gasteiger charge is -2.17. The van der Waals surface area contributed by atoms with E-state index in [9.17, 15) is 0 Å². The van der Waals surface area contributed by atoms with Gasteiger partial charge < -0.3 is 34.2 Å². The van der Waals surface area contributed by atoms with Crippen LogP contribution in [0, 0.1) is 0 Å². The molecule has 0 amide bonds. The largest absolute Gasteiger partial charge is 1.00 e. The van der Waals surface area contributed by atoms with Crippen molar-refractivity contribution in [2.75, 3.05) is 18.5 Å². The van der Waals surface area contributed by atoms with Gasteiger partial charge in [0.1, 0.15) is 5.69 Å². The average molecular weight is 312 g/mol. The van der Waals surface area contributed by atoms with E-state index in [1.165, 1.54) is 21.8 Å². The van der Waals surface area contributed by atoms with Gasteiger partial charge in [-0.15, -0.1) is 0 Å². The highest BCUT2D eigenvalue weighted by Crippen LogP contribution is 2.09. The summed E-state index contributed by atoms with van der Waals surface area (Å²) in [5.74, 6) is 0.